The Labute approximate surface area is 173 Å². The molecule has 0 radical (unpaired) electrons. The van der Waals surface area contributed by atoms with E-state index in [2.05, 4.69) is 19.1 Å². The Morgan fingerprint density at radius 1 is 1.00 bits per heavy atom. The lowest BCUT2D eigenvalue weighted by Gasteiger charge is -2.22. The van der Waals surface area contributed by atoms with Crippen molar-refractivity contribution in [2.24, 2.45) is 5.92 Å². The first-order valence-electron chi connectivity index (χ1n) is 11.8. The van der Waals surface area contributed by atoms with Gasteiger partial charge in [0.2, 0.25) is 0 Å². The lowest BCUT2D eigenvalue weighted by Crippen LogP contribution is -2.22. The summed E-state index contributed by atoms with van der Waals surface area (Å²) in [5.41, 5.74) is 0. The highest BCUT2D eigenvalue weighted by atomic mass is 16.7. The molecule has 0 aromatic heterocycles. The van der Waals surface area contributed by atoms with Gasteiger partial charge in [-0.25, -0.2) is 0 Å². The summed E-state index contributed by atoms with van der Waals surface area (Å²) in [5, 5.41) is 8.59. The second kappa shape index (κ2) is 18.2. The van der Waals surface area contributed by atoms with E-state index in [1.807, 2.05) is 0 Å². The summed E-state index contributed by atoms with van der Waals surface area (Å²) in [6, 6.07) is 0. The molecule has 1 rings (SSSR count). The van der Waals surface area contributed by atoms with Gasteiger partial charge in [0, 0.05) is 19.6 Å². The summed E-state index contributed by atoms with van der Waals surface area (Å²) < 4.78 is 11.4. The van der Waals surface area contributed by atoms with Crippen LogP contribution in [0.2, 0.25) is 0 Å². The van der Waals surface area contributed by atoms with Crippen LogP contribution in [0.4, 0.5) is 0 Å². The van der Waals surface area contributed by atoms with Gasteiger partial charge in [-0.2, -0.15) is 0 Å². The van der Waals surface area contributed by atoms with Crippen molar-refractivity contribution < 1.29 is 19.4 Å². The summed E-state index contributed by atoms with van der Waals surface area (Å²) in [6.07, 6.45) is 22.8. The zero-order chi connectivity index (χ0) is 20.3. The lowest BCUT2D eigenvalue weighted by atomic mass is 9.97. The summed E-state index contributed by atoms with van der Waals surface area (Å²) in [7, 11) is 0. The van der Waals surface area contributed by atoms with Crippen molar-refractivity contribution in [3.05, 3.63) is 12.2 Å². The van der Waals surface area contributed by atoms with Crippen LogP contribution in [-0.4, -0.2) is 30.6 Å². The predicted molar refractivity (Wildman–Crippen MR) is 116 cm³/mol. The molecule has 0 bridgehead atoms. The molecule has 0 aromatic rings. The summed E-state index contributed by atoms with van der Waals surface area (Å²) in [4.78, 5) is 10.4. The smallest absolute Gasteiger partial charge is 0.303 e. The topological polar surface area (TPSA) is 55.8 Å². The lowest BCUT2D eigenvalue weighted by molar-refractivity contribution is -0.162. The van der Waals surface area contributed by atoms with Gasteiger partial charge in [0.15, 0.2) is 6.29 Å². The number of unbranched alkanes of at least 4 members (excludes halogenated alkanes) is 7. The molecule has 1 heterocycles. The zero-order valence-corrected chi connectivity index (χ0v) is 18.2. The van der Waals surface area contributed by atoms with Crippen LogP contribution in [0.15, 0.2) is 12.2 Å². The Bertz CT molecular complexity index is 388. The quantitative estimate of drug-likeness (QED) is 0.203. The van der Waals surface area contributed by atoms with Gasteiger partial charge < -0.3 is 14.6 Å². The highest BCUT2D eigenvalue weighted by Gasteiger charge is 2.13. The molecule has 0 aliphatic carbocycles. The first-order valence-corrected chi connectivity index (χ1v) is 11.8. The SMILES string of the molecule is C[C@@H](CCC=CCCCCC(=O)O)CCCCCCCCO[C@H]1CCCCO1. The van der Waals surface area contributed by atoms with Crippen LogP contribution >= 0.6 is 0 Å². The highest BCUT2D eigenvalue weighted by Crippen LogP contribution is 2.17. The fourth-order valence-corrected chi connectivity index (χ4v) is 3.66. The van der Waals surface area contributed by atoms with Crippen molar-refractivity contribution >= 4 is 5.97 Å². The average molecular weight is 397 g/mol. The molecule has 1 saturated heterocycles. The molecule has 1 fully saturated rings. The number of carbonyl (C=O) groups is 1. The Morgan fingerprint density at radius 3 is 2.50 bits per heavy atom. The van der Waals surface area contributed by atoms with Crippen molar-refractivity contribution in [1.29, 1.82) is 0 Å². The molecule has 4 nitrogen and oxygen atoms in total. The van der Waals surface area contributed by atoms with Gasteiger partial charge in [0.25, 0.3) is 0 Å². The molecular weight excluding hydrogens is 352 g/mol. The van der Waals surface area contributed by atoms with E-state index in [1.165, 1.54) is 64.2 Å². The second-order valence-corrected chi connectivity index (χ2v) is 8.37. The third-order valence-corrected chi connectivity index (χ3v) is 5.54. The molecule has 2 atom stereocenters. The minimum Gasteiger partial charge on any atom is -0.481 e. The molecule has 0 spiro atoms. The molecule has 1 aliphatic rings. The zero-order valence-electron chi connectivity index (χ0n) is 18.2. The molecule has 1 N–H and O–H groups in total. The molecule has 0 amide bonds. The van der Waals surface area contributed by atoms with Gasteiger partial charge in [-0.3, -0.25) is 4.79 Å². The van der Waals surface area contributed by atoms with E-state index in [0.29, 0.717) is 6.42 Å². The Kier molecular flexibility index (Phi) is 16.3. The standard InChI is InChI=1S/C24H44O4/c1-22(16-10-6-2-3-8-12-18-23(25)26)17-11-7-4-5-9-14-20-27-24-19-13-15-21-28-24/h2,6,22,24H,3-5,7-21H2,1H3,(H,25,26)/t22-,24+/m0/s1. The number of aliphatic carboxylic acids is 1. The van der Waals surface area contributed by atoms with Crippen LogP contribution in [0, 0.1) is 5.92 Å². The van der Waals surface area contributed by atoms with E-state index in [0.717, 1.165) is 51.2 Å². The van der Waals surface area contributed by atoms with Crippen LogP contribution < -0.4 is 0 Å². The van der Waals surface area contributed by atoms with Gasteiger partial charge in [-0.1, -0.05) is 57.6 Å². The molecular formula is C24H44O4. The highest BCUT2D eigenvalue weighted by molar-refractivity contribution is 5.66. The monoisotopic (exact) mass is 396 g/mol. The summed E-state index contributed by atoms with van der Waals surface area (Å²) >= 11 is 0. The van der Waals surface area contributed by atoms with E-state index in [9.17, 15) is 4.79 Å². The third kappa shape index (κ3) is 16.1. The van der Waals surface area contributed by atoms with E-state index >= 15 is 0 Å². The molecule has 0 unspecified atom stereocenters. The van der Waals surface area contributed by atoms with E-state index in [-0.39, 0.29) is 6.29 Å². The molecule has 0 aromatic carbocycles. The summed E-state index contributed by atoms with van der Waals surface area (Å²) in [5.74, 6) is 0.122. The van der Waals surface area contributed by atoms with Crippen LogP contribution in [-0.2, 0) is 14.3 Å². The molecule has 4 heteroatoms. The maximum Gasteiger partial charge on any atom is 0.303 e. The minimum atomic E-state index is -0.684. The minimum absolute atomic E-state index is 0.0713. The van der Waals surface area contributed by atoms with Gasteiger partial charge in [0.05, 0.1) is 0 Å². The maximum atomic E-state index is 10.4. The van der Waals surface area contributed by atoms with Crippen molar-refractivity contribution in [2.45, 2.75) is 116 Å². The van der Waals surface area contributed by atoms with Crippen LogP contribution in [0.5, 0.6) is 0 Å². The maximum absolute atomic E-state index is 10.4. The first-order chi connectivity index (χ1) is 13.7. The molecule has 164 valence electrons. The van der Waals surface area contributed by atoms with E-state index < -0.39 is 5.97 Å². The second-order valence-electron chi connectivity index (χ2n) is 8.37. The van der Waals surface area contributed by atoms with Crippen molar-refractivity contribution in [3.8, 4) is 0 Å². The van der Waals surface area contributed by atoms with E-state index in [4.69, 9.17) is 14.6 Å². The number of carboxylic acids is 1. The van der Waals surface area contributed by atoms with Gasteiger partial charge in [-0.05, 0) is 63.7 Å². The fourth-order valence-electron chi connectivity index (χ4n) is 3.66. The molecule has 0 saturated carbocycles. The number of carboxylic acid groups (broad SMARTS) is 1. The van der Waals surface area contributed by atoms with Crippen molar-refractivity contribution in [3.63, 3.8) is 0 Å². The fraction of sp³-hybridized carbons (Fsp3) is 0.875. The number of hydrogen-bond acceptors (Lipinski definition) is 3. The Balaban J connectivity index is 1.78. The van der Waals surface area contributed by atoms with Gasteiger partial charge in [0.1, 0.15) is 0 Å². The average Bonchev–Trinajstić information content (AvgIpc) is 2.69. The Hall–Kier alpha value is -0.870. The number of rotatable bonds is 18. The van der Waals surface area contributed by atoms with Crippen LogP contribution in [0.25, 0.3) is 0 Å². The number of hydrogen-bond donors (Lipinski definition) is 1. The number of ether oxygens (including phenoxy) is 2. The van der Waals surface area contributed by atoms with Crippen LogP contribution in [0.1, 0.15) is 110 Å². The number of allylic oxidation sites excluding steroid dienone is 2. The largest absolute Gasteiger partial charge is 0.481 e. The van der Waals surface area contributed by atoms with Crippen LogP contribution in [0.3, 0.4) is 0 Å². The van der Waals surface area contributed by atoms with Crippen molar-refractivity contribution in [2.75, 3.05) is 13.2 Å². The predicted octanol–water partition coefficient (Wildman–Crippen LogP) is 6.88. The van der Waals surface area contributed by atoms with Crippen molar-refractivity contribution in [1.82, 2.24) is 0 Å². The van der Waals surface area contributed by atoms with E-state index in [1.54, 1.807) is 0 Å². The molecule has 1 aliphatic heterocycles. The summed E-state index contributed by atoms with van der Waals surface area (Å²) in [6.45, 7) is 4.09. The normalized spacial score (nSPS) is 18.5. The van der Waals surface area contributed by atoms with Gasteiger partial charge in [-0.15, -0.1) is 0 Å². The van der Waals surface area contributed by atoms with Gasteiger partial charge >= 0.3 is 5.97 Å². The molecule has 28 heavy (non-hydrogen) atoms. The third-order valence-electron chi connectivity index (χ3n) is 5.54. The first kappa shape index (κ1) is 25.2. The Morgan fingerprint density at radius 2 is 1.75 bits per heavy atom.